The van der Waals surface area contributed by atoms with E-state index in [1.807, 2.05) is 41.3 Å². The first-order valence-electron chi connectivity index (χ1n) is 10.2. The van der Waals surface area contributed by atoms with E-state index < -0.39 is 0 Å². The van der Waals surface area contributed by atoms with Crippen LogP contribution in [0.5, 0.6) is 17.2 Å². The zero-order valence-electron chi connectivity index (χ0n) is 17.6. The monoisotopic (exact) mass is 409 g/mol. The maximum absolute atomic E-state index is 13.3. The number of H-pyrrole nitrogens is 1. The van der Waals surface area contributed by atoms with Crippen LogP contribution >= 0.6 is 0 Å². The molecule has 1 N–H and O–H groups in total. The normalized spacial score (nSPS) is 16.5. The number of aromatic nitrogens is 2. The van der Waals surface area contributed by atoms with Crippen molar-refractivity contribution in [1.82, 2.24) is 14.9 Å². The fourth-order valence-corrected chi connectivity index (χ4v) is 4.16. The molecule has 1 aliphatic heterocycles. The number of rotatable bonds is 6. The second-order valence-corrected chi connectivity index (χ2v) is 7.45. The molecular weight excluding hydrogens is 382 g/mol. The third-order valence-corrected chi connectivity index (χ3v) is 5.63. The van der Waals surface area contributed by atoms with Crippen molar-refractivity contribution in [2.24, 2.45) is 0 Å². The maximum atomic E-state index is 13.3. The summed E-state index contributed by atoms with van der Waals surface area (Å²) in [5.74, 6) is 2.54. The van der Waals surface area contributed by atoms with Crippen LogP contribution in [0.15, 0.2) is 36.4 Å². The number of aromatic amines is 1. The van der Waals surface area contributed by atoms with Gasteiger partial charge in [0.25, 0.3) is 0 Å². The van der Waals surface area contributed by atoms with Gasteiger partial charge in [0.1, 0.15) is 5.82 Å². The molecule has 0 unspecified atom stereocenters. The van der Waals surface area contributed by atoms with E-state index in [0.717, 1.165) is 48.2 Å². The highest BCUT2D eigenvalue weighted by atomic mass is 16.5. The molecule has 158 valence electrons. The van der Waals surface area contributed by atoms with E-state index in [0.29, 0.717) is 17.2 Å². The van der Waals surface area contributed by atoms with Gasteiger partial charge in [-0.25, -0.2) is 4.98 Å². The van der Waals surface area contributed by atoms with Gasteiger partial charge in [0.05, 0.1) is 44.8 Å². The highest BCUT2D eigenvalue weighted by Crippen LogP contribution is 2.39. The highest BCUT2D eigenvalue weighted by Gasteiger charge is 2.30. The summed E-state index contributed by atoms with van der Waals surface area (Å²) in [7, 11) is 4.72. The number of hydrogen-bond acceptors (Lipinski definition) is 5. The summed E-state index contributed by atoms with van der Waals surface area (Å²) in [4.78, 5) is 23.4. The van der Waals surface area contributed by atoms with Crippen LogP contribution in [0.25, 0.3) is 11.0 Å². The Hall–Kier alpha value is -3.22. The number of nitrogens with one attached hydrogen (secondary N) is 1. The number of fused-ring (bicyclic) bond motifs is 1. The first kappa shape index (κ1) is 20.1. The number of likely N-dealkylation sites (tertiary alicyclic amines) is 1. The molecule has 1 aromatic heterocycles. The average Bonchev–Trinajstić information content (AvgIpc) is 3.22. The van der Waals surface area contributed by atoms with E-state index in [1.165, 1.54) is 0 Å². The van der Waals surface area contributed by atoms with Gasteiger partial charge in [0.15, 0.2) is 11.5 Å². The number of para-hydroxylation sites is 2. The number of hydrogen-bond donors (Lipinski definition) is 1. The second kappa shape index (κ2) is 8.65. The average molecular weight is 409 g/mol. The Labute approximate surface area is 176 Å². The van der Waals surface area contributed by atoms with Crippen LogP contribution in [0.2, 0.25) is 0 Å². The molecule has 1 atom stereocenters. The van der Waals surface area contributed by atoms with Crippen LogP contribution < -0.4 is 14.2 Å². The first-order valence-corrected chi connectivity index (χ1v) is 10.2. The zero-order chi connectivity index (χ0) is 21.1. The van der Waals surface area contributed by atoms with Crippen LogP contribution in [-0.4, -0.2) is 48.6 Å². The molecule has 0 spiro atoms. The van der Waals surface area contributed by atoms with Gasteiger partial charge in [-0.1, -0.05) is 12.1 Å². The number of carbonyl (C=O) groups excluding carboxylic acids is 1. The number of carbonyl (C=O) groups is 1. The number of imidazole rings is 1. The van der Waals surface area contributed by atoms with E-state index in [4.69, 9.17) is 19.2 Å². The minimum Gasteiger partial charge on any atom is -0.493 e. The molecule has 2 heterocycles. The van der Waals surface area contributed by atoms with Gasteiger partial charge in [-0.3, -0.25) is 4.79 Å². The van der Waals surface area contributed by atoms with Crippen LogP contribution in [0, 0.1) is 0 Å². The number of nitrogens with zero attached hydrogens (tertiary/aromatic N) is 2. The second-order valence-electron chi connectivity index (χ2n) is 7.45. The summed E-state index contributed by atoms with van der Waals surface area (Å²) < 4.78 is 16.2. The molecule has 2 aromatic carbocycles. The lowest BCUT2D eigenvalue weighted by Crippen LogP contribution is -2.39. The molecule has 7 heteroatoms. The van der Waals surface area contributed by atoms with Crippen molar-refractivity contribution < 1.29 is 19.0 Å². The van der Waals surface area contributed by atoms with Crippen LogP contribution in [0.1, 0.15) is 36.7 Å². The van der Waals surface area contributed by atoms with Gasteiger partial charge in [-0.2, -0.15) is 0 Å². The predicted octanol–water partition coefficient (Wildman–Crippen LogP) is 3.89. The van der Waals surface area contributed by atoms with Crippen LogP contribution in [-0.2, 0) is 11.2 Å². The maximum Gasteiger partial charge on any atom is 0.227 e. The number of benzene rings is 2. The summed E-state index contributed by atoms with van der Waals surface area (Å²) in [6.07, 6.45) is 3.24. The quantitative estimate of drug-likeness (QED) is 0.669. The van der Waals surface area contributed by atoms with Gasteiger partial charge >= 0.3 is 0 Å². The van der Waals surface area contributed by atoms with E-state index >= 15 is 0 Å². The largest absolute Gasteiger partial charge is 0.493 e. The highest BCUT2D eigenvalue weighted by molar-refractivity contribution is 5.80. The van der Waals surface area contributed by atoms with E-state index in [-0.39, 0.29) is 18.4 Å². The van der Waals surface area contributed by atoms with Gasteiger partial charge in [-0.05, 0) is 49.1 Å². The number of piperidine rings is 1. The molecule has 1 fully saturated rings. The van der Waals surface area contributed by atoms with Crippen molar-refractivity contribution in [3.05, 3.63) is 47.8 Å². The standard InChI is InChI=1S/C23H27N3O4/c1-28-19-12-15(13-20(29-2)22(19)30-3)14-21(27)26-11-7-6-10-18(26)23-24-16-8-4-5-9-17(16)25-23/h4-5,8-9,12-13,18H,6-7,10-11,14H2,1-3H3,(H,24,25)/t18-/m1/s1. The Morgan fingerprint density at radius 3 is 2.50 bits per heavy atom. The molecule has 30 heavy (non-hydrogen) atoms. The third kappa shape index (κ3) is 3.79. The fourth-order valence-electron chi connectivity index (χ4n) is 4.16. The fraction of sp³-hybridized carbons (Fsp3) is 0.391. The van der Waals surface area contributed by atoms with Crippen molar-refractivity contribution in [3.8, 4) is 17.2 Å². The van der Waals surface area contributed by atoms with Crippen molar-refractivity contribution in [1.29, 1.82) is 0 Å². The van der Waals surface area contributed by atoms with Crippen LogP contribution in [0.3, 0.4) is 0 Å². The first-order chi connectivity index (χ1) is 14.6. The molecule has 1 aliphatic rings. The Bertz CT molecular complexity index is 988. The molecule has 1 saturated heterocycles. The molecule has 0 aliphatic carbocycles. The van der Waals surface area contributed by atoms with E-state index in [1.54, 1.807) is 21.3 Å². The molecule has 4 rings (SSSR count). The van der Waals surface area contributed by atoms with Crippen molar-refractivity contribution >= 4 is 16.9 Å². The van der Waals surface area contributed by atoms with E-state index in [9.17, 15) is 4.79 Å². The molecule has 0 radical (unpaired) electrons. The summed E-state index contributed by atoms with van der Waals surface area (Å²) in [5.41, 5.74) is 2.74. The molecule has 7 nitrogen and oxygen atoms in total. The number of methoxy groups -OCH3 is 3. The Morgan fingerprint density at radius 1 is 1.10 bits per heavy atom. The van der Waals surface area contributed by atoms with Gasteiger partial charge in [-0.15, -0.1) is 0 Å². The lowest BCUT2D eigenvalue weighted by atomic mass is 10.00. The Morgan fingerprint density at radius 2 is 1.83 bits per heavy atom. The van der Waals surface area contributed by atoms with Gasteiger partial charge in [0.2, 0.25) is 11.7 Å². The SMILES string of the molecule is COc1cc(CC(=O)N2CCCC[C@@H]2c2nc3ccccc3[nH]2)cc(OC)c1OC. The zero-order valence-corrected chi connectivity index (χ0v) is 17.6. The summed E-state index contributed by atoms with van der Waals surface area (Å²) in [6.45, 7) is 0.727. The smallest absolute Gasteiger partial charge is 0.227 e. The van der Waals surface area contributed by atoms with Gasteiger partial charge < -0.3 is 24.1 Å². The molecule has 1 amide bonds. The minimum atomic E-state index is -0.0410. The Balaban J connectivity index is 1.59. The molecule has 0 bridgehead atoms. The van der Waals surface area contributed by atoms with Crippen molar-refractivity contribution in [2.75, 3.05) is 27.9 Å². The topological polar surface area (TPSA) is 76.7 Å². The van der Waals surface area contributed by atoms with E-state index in [2.05, 4.69) is 4.98 Å². The summed E-state index contributed by atoms with van der Waals surface area (Å²) in [6, 6.07) is 11.6. The number of ether oxygens (including phenoxy) is 3. The number of amides is 1. The Kier molecular flexibility index (Phi) is 5.79. The summed E-state index contributed by atoms with van der Waals surface area (Å²) >= 11 is 0. The molecule has 0 saturated carbocycles. The third-order valence-electron chi connectivity index (χ3n) is 5.63. The van der Waals surface area contributed by atoms with Gasteiger partial charge in [0, 0.05) is 6.54 Å². The summed E-state index contributed by atoms with van der Waals surface area (Å²) in [5, 5.41) is 0. The predicted molar refractivity (Wildman–Crippen MR) is 114 cm³/mol. The lowest BCUT2D eigenvalue weighted by Gasteiger charge is -2.34. The minimum absolute atomic E-state index is 0.0410. The molecule has 3 aromatic rings. The molecular formula is C23H27N3O4. The lowest BCUT2D eigenvalue weighted by molar-refractivity contribution is -0.134. The van der Waals surface area contributed by atoms with Crippen molar-refractivity contribution in [3.63, 3.8) is 0 Å². The van der Waals surface area contributed by atoms with Crippen molar-refractivity contribution in [2.45, 2.75) is 31.7 Å². The van der Waals surface area contributed by atoms with Crippen LogP contribution in [0.4, 0.5) is 0 Å².